The first-order valence-electron chi connectivity index (χ1n) is 25.0. The van der Waals surface area contributed by atoms with Gasteiger partial charge in [0.25, 0.3) is 0 Å². The van der Waals surface area contributed by atoms with Crippen molar-refractivity contribution in [2.24, 2.45) is 23.7 Å². The first-order valence-corrected chi connectivity index (χ1v) is 25.0. The summed E-state index contributed by atoms with van der Waals surface area (Å²) < 4.78 is 37.9. The molecule has 4 saturated heterocycles. The first kappa shape index (κ1) is 47.2. The van der Waals surface area contributed by atoms with Crippen LogP contribution in [0, 0.1) is 35.3 Å². The second-order valence-electron chi connectivity index (χ2n) is 20.9. The summed E-state index contributed by atoms with van der Waals surface area (Å²) in [6, 6.07) is 12.2. The Morgan fingerprint density at radius 1 is 0.729 bits per heavy atom. The van der Waals surface area contributed by atoms with Crippen LogP contribution in [-0.4, -0.2) is 116 Å². The number of H-pyrrole nitrogens is 2. The van der Waals surface area contributed by atoms with Crippen LogP contribution in [0.4, 0.5) is 29.7 Å². The molecule has 10 rings (SSSR count). The van der Waals surface area contributed by atoms with Gasteiger partial charge in [-0.15, -0.1) is 0 Å². The maximum atomic E-state index is 16.5. The molecule has 1 aliphatic carbocycles. The average Bonchev–Trinajstić information content (AvgIpc) is 4.19. The fraction of sp³-hybridized carbons (Fsp3) is 0.538. The number of nitrogens with one attached hydrogen (secondary N) is 3. The van der Waals surface area contributed by atoms with Gasteiger partial charge in [0, 0.05) is 38.9 Å². The summed E-state index contributed by atoms with van der Waals surface area (Å²) >= 11 is 0. The molecule has 0 radical (unpaired) electrons. The Labute approximate surface area is 406 Å². The molecule has 0 bridgehead atoms. The van der Waals surface area contributed by atoms with E-state index in [9.17, 15) is 24.3 Å². The monoisotopic (exact) mass is 962 g/mol. The summed E-state index contributed by atoms with van der Waals surface area (Å²) in [6.07, 6.45) is 4.63. The van der Waals surface area contributed by atoms with E-state index in [4.69, 9.17) is 14.7 Å². The minimum absolute atomic E-state index is 0.0391. The summed E-state index contributed by atoms with van der Waals surface area (Å²) in [6.45, 7) is 9.79. The van der Waals surface area contributed by atoms with Gasteiger partial charge in [-0.05, 0) is 123 Å². The molecule has 3 aromatic carbocycles. The Morgan fingerprint density at radius 2 is 1.24 bits per heavy atom. The van der Waals surface area contributed by atoms with Gasteiger partial charge in [-0.1, -0.05) is 39.8 Å². The highest BCUT2D eigenvalue weighted by Crippen LogP contribution is 2.50. The Bertz CT molecular complexity index is 2800. The number of likely N-dealkylation sites (N-methyl/N-ethyl adjacent to an activating group) is 1. The molecule has 5 fully saturated rings. The molecule has 5 aliphatic rings. The third-order valence-electron chi connectivity index (χ3n) is 16.0. The Morgan fingerprint density at radius 3 is 1.70 bits per heavy atom. The summed E-state index contributed by atoms with van der Waals surface area (Å²) in [5, 5.41) is 12.5. The SMILES string of the molecule is COC(=O)N[C@H](C(=O)N1CCC[C@H]1c1nc2ccc([C@H]3CC[C@H](c4ccc5nc([C@@H]6CCCN6C(=O)[C@H](C(C)C)N(C)C(=O)O)[nH]c5c4)N3c3cc(F)c(N4CC5CCC5C4)c(F)c3)cc2[nH]1)C(C)C. The number of amides is 4. The number of aromatic nitrogens is 4. The molecule has 18 heteroatoms. The van der Waals surface area contributed by atoms with Crippen molar-refractivity contribution in [2.45, 2.75) is 115 Å². The van der Waals surface area contributed by atoms with E-state index in [1.807, 2.05) is 62.9 Å². The summed E-state index contributed by atoms with van der Waals surface area (Å²) in [4.78, 5) is 77.7. The molecule has 0 spiro atoms. The van der Waals surface area contributed by atoms with Crippen molar-refractivity contribution < 1.29 is 37.8 Å². The van der Waals surface area contributed by atoms with Crippen molar-refractivity contribution in [1.82, 2.24) is 40.0 Å². The lowest BCUT2D eigenvalue weighted by atomic mass is 9.77. The number of rotatable bonds is 12. The molecule has 372 valence electrons. The second-order valence-corrected chi connectivity index (χ2v) is 20.9. The van der Waals surface area contributed by atoms with E-state index < -0.39 is 35.9 Å². The number of carbonyl (C=O) groups is 4. The number of fused-ring (bicyclic) bond motifs is 3. The first-order chi connectivity index (χ1) is 33.6. The van der Waals surface area contributed by atoms with Crippen LogP contribution < -0.4 is 15.1 Å². The number of halogens is 2. The largest absolute Gasteiger partial charge is 0.465 e. The van der Waals surface area contributed by atoms with Crippen LogP contribution in [0.5, 0.6) is 0 Å². The van der Waals surface area contributed by atoms with E-state index in [2.05, 4.69) is 26.3 Å². The van der Waals surface area contributed by atoms with Crippen LogP contribution >= 0.6 is 0 Å². The van der Waals surface area contributed by atoms with Crippen molar-refractivity contribution in [3.8, 4) is 0 Å². The quantitative estimate of drug-likeness (QED) is 0.0942. The van der Waals surface area contributed by atoms with Gasteiger partial charge in [0.05, 0.1) is 53.3 Å². The predicted octanol–water partition coefficient (Wildman–Crippen LogP) is 8.99. The van der Waals surface area contributed by atoms with Crippen LogP contribution in [0.3, 0.4) is 0 Å². The van der Waals surface area contributed by atoms with E-state index in [0.717, 1.165) is 58.3 Å². The lowest BCUT2D eigenvalue weighted by Gasteiger charge is -2.34. The topological polar surface area (TPSA) is 183 Å². The van der Waals surface area contributed by atoms with Gasteiger partial charge in [0.2, 0.25) is 11.8 Å². The summed E-state index contributed by atoms with van der Waals surface area (Å²) in [5.41, 5.74) is 5.34. The highest BCUT2D eigenvalue weighted by molar-refractivity contribution is 5.87. The normalized spacial score (nSPS) is 24.2. The van der Waals surface area contributed by atoms with E-state index >= 15 is 8.78 Å². The lowest BCUT2D eigenvalue weighted by Crippen LogP contribution is -2.51. The van der Waals surface area contributed by atoms with E-state index in [1.165, 1.54) is 26.3 Å². The van der Waals surface area contributed by atoms with Gasteiger partial charge in [-0.25, -0.2) is 28.3 Å². The highest BCUT2D eigenvalue weighted by atomic mass is 19.1. The third kappa shape index (κ3) is 8.43. The summed E-state index contributed by atoms with van der Waals surface area (Å²) in [7, 11) is 2.71. The van der Waals surface area contributed by atoms with Crippen LogP contribution in [0.15, 0.2) is 48.5 Å². The van der Waals surface area contributed by atoms with Crippen molar-refractivity contribution >= 4 is 57.4 Å². The molecule has 2 aromatic heterocycles. The highest BCUT2D eigenvalue weighted by Gasteiger charge is 2.44. The molecular weight excluding hydrogens is 899 g/mol. The van der Waals surface area contributed by atoms with Crippen molar-refractivity contribution in [1.29, 1.82) is 0 Å². The molecule has 4 aliphatic heterocycles. The number of carbonyl (C=O) groups excluding carboxylic acids is 3. The molecule has 8 atom stereocenters. The van der Waals surface area contributed by atoms with E-state index in [0.29, 0.717) is 86.6 Å². The molecule has 4 amide bonds. The molecule has 5 aromatic rings. The molecule has 16 nitrogen and oxygen atoms in total. The number of anilines is 2. The number of alkyl carbamates (subject to hydrolysis) is 1. The standard InChI is InChI=1S/C52H64F2N10O6/c1-27(2)44(59-51(67)70-6)49(65)62-19-7-9-42(62)47-55-36-15-13-29(21-38(36)57-47)40-17-18-41(64(40)33-23-34(53)46(35(54)24-33)61-25-31-11-12-32(31)26-61)30-14-16-37-39(22-30)58-48(56-37)43-10-8-20-63(43)50(66)45(28(3)4)60(5)52(68)69/h13-16,21-24,27-28,31-32,40-45H,7-12,17-20,25-26H2,1-6H3,(H,55,57)(H,56,58)(H,59,67)(H,68,69)/t31?,32?,40-,41-,42+,43+,44+,45+/m1/s1. The number of hydrogen-bond acceptors (Lipinski definition) is 9. The second kappa shape index (κ2) is 18.7. The Kier molecular flexibility index (Phi) is 12.6. The molecule has 6 heterocycles. The maximum Gasteiger partial charge on any atom is 0.407 e. The zero-order chi connectivity index (χ0) is 49.3. The average molecular weight is 963 g/mol. The zero-order valence-corrected chi connectivity index (χ0v) is 40.8. The van der Waals surface area contributed by atoms with Gasteiger partial charge in [-0.2, -0.15) is 0 Å². The van der Waals surface area contributed by atoms with Crippen LogP contribution in [0.1, 0.15) is 126 Å². The number of aromatic amines is 2. The Hall–Kier alpha value is -6.46. The molecule has 4 N–H and O–H groups in total. The molecule has 2 unspecified atom stereocenters. The molecular formula is C52H64F2N10O6. The fourth-order valence-electron chi connectivity index (χ4n) is 12.3. The number of imidazole rings is 2. The van der Waals surface area contributed by atoms with Gasteiger partial charge in [-0.3, -0.25) is 14.5 Å². The number of benzene rings is 3. The number of carboxylic acid groups (broad SMARTS) is 1. The minimum atomic E-state index is -1.16. The minimum Gasteiger partial charge on any atom is -0.465 e. The zero-order valence-electron chi connectivity index (χ0n) is 40.8. The van der Waals surface area contributed by atoms with Gasteiger partial charge >= 0.3 is 12.2 Å². The van der Waals surface area contributed by atoms with E-state index in [1.54, 1.807) is 9.80 Å². The number of likely N-dealkylation sites (tertiary alicyclic amines) is 2. The van der Waals surface area contributed by atoms with Crippen molar-refractivity contribution in [3.05, 3.63) is 82.9 Å². The predicted molar refractivity (Wildman–Crippen MR) is 260 cm³/mol. The Balaban J connectivity index is 0.971. The number of hydrogen-bond donors (Lipinski definition) is 4. The van der Waals surface area contributed by atoms with Gasteiger partial charge in [0.1, 0.15) is 29.4 Å². The number of nitrogens with zero attached hydrogens (tertiary/aromatic N) is 7. The van der Waals surface area contributed by atoms with Crippen molar-refractivity contribution in [2.75, 3.05) is 50.1 Å². The van der Waals surface area contributed by atoms with Crippen LogP contribution in [0.25, 0.3) is 22.1 Å². The van der Waals surface area contributed by atoms with E-state index in [-0.39, 0.29) is 53.5 Å². The van der Waals surface area contributed by atoms with Gasteiger partial charge in [0.15, 0.2) is 11.6 Å². The van der Waals surface area contributed by atoms with Crippen molar-refractivity contribution in [3.63, 3.8) is 0 Å². The lowest BCUT2D eigenvalue weighted by molar-refractivity contribution is -0.138. The molecule has 70 heavy (non-hydrogen) atoms. The summed E-state index contributed by atoms with van der Waals surface area (Å²) in [5.74, 6) is 0.235. The fourth-order valence-corrected chi connectivity index (χ4v) is 12.3. The number of ether oxygens (including phenoxy) is 1. The van der Waals surface area contributed by atoms with Crippen LogP contribution in [-0.2, 0) is 14.3 Å². The van der Waals surface area contributed by atoms with Gasteiger partial charge < -0.3 is 44.7 Å². The van der Waals surface area contributed by atoms with Crippen LogP contribution in [0.2, 0.25) is 0 Å². The third-order valence-corrected chi connectivity index (χ3v) is 16.0. The maximum absolute atomic E-state index is 16.5. The molecule has 1 saturated carbocycles. The number of methoxy groups -OCH3 is 1. The smallest absolute Gasteiger partial charge is 0.407 e.